The summed E-state index contributed by atoms with van der Waals surface area (Å²) in [5.74, 6) is -1.39. The van der Waals surface area contributed by atoms with Gasteiger partial charge >= 0.3 is 6.18 Å². The molecule has 3 rings (SSSR count). The second kappa shape index (κ2) is 6.03. The van der Waals surface area contributed by atoms with Crippen molar-refractivity contribution in [2.75, 3.05) is 13.1 Å². The molecule has 0 radical (unpaired) electrons. The summed E-state index contributed by atoms with van der Waals surface area (Å²) < 4.78 is 40.6. The van der Waals surface area contributed by atoms with E-state index in [1.54, 1.807) is 4.90 Å². The van der Waals surface area contributed by atoms with E-state index >= 15 is 0 Å². The van der Waals surface area contributed by atoms with E-state index in [9.17, 15) is 18.0 Å². The molecule has 0 aliphatic carbocycles. The normalized spacial score (nSPS) is 16.1. The molecular formula is C15H15ClF3N3O. The first-order valence-electron chi connectivity index (χ1n) is 7.37. The summed E-state index contributed by atoms with van der Waals surface area (Å²) in [4.78, 5) is 17.6. The Hall–Kier alpha value is -1.76. The lowest BCUT2D eigenvalue weighted by molar-refractivity contribution is -0.148. The number of carbonyl (C=O) groups is 1. The Balaban J connectivity index is 2.00. The molecule has 0 spiro atoms. The highest BCUT2D eigenvalue weighted by Gasteiger charge is 2.38. The smallest absolute Gasteiger partial charge is 0.341 e. The van der Waals surface area contributed by atoms with Gasteiger partial charge in [-0.2, -0.15) is 13.2 Å². The first-order chi connectivity index (χ1) is 10.9. The fourth-order valence-corrected chi connectivity index (χ4v) is 3.02. The number of halogens is 4. The van der Waals surface area contributed by atoms with Crippen LogP contribution in [0.2, 0.25) is 5.02 Å². The van der Waals surface area contributed by atoms with Gasteiger partial charge in [-0.05, 0) is 37.5 Å². The number of nitrogens with zero attached hydrogens (tertiary/aromatic N) is 3. The minimum absolute atomic E-state index is 0.174. The Morgan fingerprint density at radius 2 is 1.91 bits per heavy atom. The summed E-state index contributed by atoms with van der Waals surface area (Å²) in [5, 5.41) is 0.304. The van der Waals surface area contributed by atoms with Crippen molar-refractivity contribution >= 4 is 28.5 Å². The number of alkyl halides is 3. The molecule has 2 heterocycles. The van der Waals surface area contributed by atoms with E-state index < -0.39 is 12.0 Å². The van der Waals surface area contributed by atoms with Gasteiger partial charge in [-0.15, -0.1) is 0 Å². The molecule has 1 amide bonds. The van der Waals surface area contributed by atoms with Crippen molar-refractivity contribution in [1.82, 2.24) is 14.5 Å². The number of piperidine rings is 1. The Kier molecular flexibility index (Phi) is 4.23. The molecule has 8 heteroatoms. The van der Waals surface area contributed by atoms with Crippen LogP contribution in [0.1, 0.15) is 25.1 Å². The first kappa shape index (κ1) is 16.1. The molecule has 0 N–H and O–H groups in total. The average Bonchev–Trinajstić information content (AvgIpc) is 2.86. The van der Waals surface area contributed by atoms with Gasteiger partial charge in [0.2, 0.25) is 11.7 Å². The Morgan fingerprint density at radius 3 is 2.57 bits per heavy atom. The van der Waals surface area contributed by atoms with Crippen molar-refractivity contribution in [1.29, 1.82) is 0 Å². The third kappa shape index (κ3) is 3.29. The molecule has 2 aromatic rings. The molecule has 0 bridgehead atoms. The standard InChI is InChI=1S/C15H15ClF3N3O/c16-10-4-5-11-12(8-10)22(14(20-11)15(17,18)19)9-13(23)21-6-2-1-3-7-21/h4-5,8H,1-3,6-7,9H2. The van der Waals surface area contributed by atoms with Crippen LogP contribution < -0.4 is 0 Å². The second-order valence-corrected chi connectivity index (χ2v) is 6.03. The number of amides is 1. The van der Waals surface area contributed by atoms with Crippen molar-refractivity contribution in [3.8, 4) is 0 Å². The van der Waals surface area contributed by atoms with Gasteiger partial charge in [0.15, 0.2) is 0 Å². The van der Waals surface area contributed by atoms with Gasteiger partial charge < -0.3 is 9.47 Å². The molecule has 0 unspecified atom stereocenters. The molecule has 124 valence electrons. The van der Waals surface area contributed by atoms with E-state index in [1.807, 2.05) is 0 Å². The molecule has 1 aromatic carbocycles. The predicted molar refractivity (Wildman–Crippen MR) is 80.2 cm³/mol. The topological polar surface area (TPSA) is 38.1 Å². The third-order valence-electron chi connectivity index (χ3n) is 3.97. The highest BCUT2D eigenvalue weighted by Crippen LogP contribution is 2.32. The zero-order valence-corrected chi connectivity index (χ0v) is 13.0. The monoisotopic (exact) mass is 345 g/mol. The second-order valence-electron chi connectivity index (χ2n) is 5.59. The van der Waals surface area contributed by atoms with E-state index in [-0.39, 0.29) is 23.5 Å². The number of aromatic nitrogens is 2. The minimum atomic E-state index is -4.63. The van der Waals surface area contributed by atoms with Crippen molar-refractivity contribution < 1.29 is 18.0 Å². The lowest BCUT2D eigenvalue weighted by atomic mass is 10.1. The predicted octanol–water partition coefficient (Wildman–Crippen LogP) is 3.72. The van der Waals surface area contributed by atoms with Gasteiger partial charge in [0, 0.05) is 18.1 Å². The number of carbonyl (C=O) groups excluding carboxylic acids is 1. The number of likely N-dealkylation sites (tertiary alicyclic amines) is 1. The largest absolute Gasteiger partial charge is 0.449 e. The molecule has 1 saturated heterocycles. The van der Waals surface area contributed by atoms with Crippen LogP contribution >= 0.6 is 11.6 Å². The van der Waals surface area contributed by atoms with E-state index in [2.05, 4.69) is 4.98 Å². The van der Waals surface area contributed by atoms with E-state index in [0.717, 1.165) is 23.8 Å². The van der Waals surface area contributed by atoms with Gasteiger partial charge in [-0.1, -0.05) is 11.6 Å². The maximum absolute atomic E-state index is 13.2. The molecule has 0 saturated carbocycles. The van der Waals surface area contributed by atoms with Gasteiger partial charge in [0.1, 0.15) is 6.54 Å². The zero-order valence-electron chi connectivity index (χ0n) is 12.2. The Bertz CT molecular complexity index is 735. The van der Waals surface area contributed by atoms with E-state index in [1.165, 1.54) is 18.2 Å². The van der Waals surface area contributed by atoms with Crippen LogP contribution in [0.25, 0.3) is 11.0 Å². The zero-order chi connectivity index (χ0) is 16.6. The number of imidazole rings is 1. The lowest BCUT2D eigenvalue weighted by Gasteiger charge is -2.27. The molecule has 1 aromatic heterocycles. The highest BCUT2D eigenvalue weighted by atomic mass is 35.5. The average molecular weight is 346 g/mol. The number of benzene rings is 1. The van der Waals surface area contributed by atoms with Crippen molar-refractivity contribution in [2.24, 2.45) is 0 Å². The third-order valence-corrected chi connectivity index (χ3v) is 4.20. The summed E-state index contributed by atoms with van der Waals surface area (Å²) in [6.07, 6.45) is -1.82. The summed E-state index contributed by atoms with van der Waals surface area (Å²) >= 11 is 5.88. The van der Waals surface area contributed by atoms with Crippen LogP contribution in [0.4, 0.5) is 13.2 Å². The van der Waals surface area contributed by atoms with E-state index in [0.29, 0.717) is 18.1 Å². The molecule has 0 atom stereocenters. The molecule has 1 aliphatic rings. The molecule has 23 heavy (non-hydrogen) atoms. The first-order valence-corrected chi connectivity index (χ1v) is 7.75. The van der Waals surface area contributed by atoms with Crippen LogP contribution in [0.5, 0.6) is 0 Å². The molecule has 1 fully saturated rings. The van der Waals surface area contributed by atoms with Gasteiger partial charge in [0.05, 0.1) is 11.0 Å². The van der Waals surface area contributed by atoms with Crippen LogP contribution in [-0.4, -0.2) is 33.4 Å². The quantitative estimate of drug-likeness (QED) is 0.832. The maximum atomic E-state index is 13.2. The van der Waals surface area contributed by atoms with Gasteiger partial charge in [-0.3, -0.25) is 4.79 Å². The van der Waals surface area contributed by atoms with Crippen molar-refractivity contribution in [3.63, 3.8) is 0 Å². The Morgan fingerprint density at radius 1 is 1.22 bits per heavy atom. The van der Waals surface area contributed by atoms with Crippen LogP contribution in [0, 0.1) is 0 Å². The van der Waals surface area contributed by atoms with Crippen molar-refractivity contribution in [2.45, 2.75) is 32.0 Å². The molecule has 1 aliphatic heterocycles. The van der Waals surface area contributed by atoms with E-state index in [4.69, 9.17) is 11.6 Å². The summed E-state index contributed by atoms with van der Waals surface area (Å²) in [6.45, 7) is 0.798. The van der Waals surface area contributed by atoms with Crippen LogP contribution in [0.15, 0.2) is 18.2 Å². The number of hydrogen-bond acceptors (Lipinski definition) is 2. The summed E-state index contributed by atoms with van der Waals surface area (Å²) in [7, 11) is 0. The Labute approximate surface area is 135 Å². The number of rotatable bonds is 2. The minimum Gasteiger partial charge on any atom is -0.341 e. The summed E-state index contributed by atoms with van der Waals surface area (Å²) in [6, 6.07) is 4.31. The number of fused-ring (bicyclic) bond motifs is 1. The molecular weight excluding hydrogens is 331 g/mol. The van der Waals surface area contributed by atoms with Gasteiger partial charge in [-0.25, -0.2) is 4.98 Å². The SMILES string of the molecule is O=C(Cn1c(C(F)(F)F)nc2ccc(Cl)cc21)N1CCCCC1. The fourth-order valence-electron chi connectivity index (χ4n) is 2.85. The fraction of sp³-hybridized carbons (Fsp3) is 0.467. The maximum Gasteiger partial charge on any atom is 0.449 e. The number of hydrogen-bond donors (Lipinski definition) is 0. The lowest BCUT2D eigenvalue weighted by Crippen LogP contribution is -2.38. The van der Waals surface area contributed by atoms with Crippen LogP contribution in [-0.2, 0) is 17.5 Å². The van der Waals surface area contributed by atoms with Crippen molar-refractivity contribution in [3.05, 3.63) is 29.0 Å². The van der Waals surface area contributed by atoms with Crippen LogP contribution in [0.3, 0.4) is 0 Å². The summed E-state index contributed by atoms with van der Waals surface area (Å²) in [5.41, 5.74) is 0.392. The molecule has 4 nitrogen and oxygen atoms in total. The van der Waals surface area contributed by atoms with Gasteiger partial charge in [0.25, 0.3) is 0 Å². The highest BCUT2D eigenvalue weighted by molar-refractivity contribution is 6.31.